The average molecular weight is 279 g/mol. The van der Waals surface area contributed by atoms with Gasteiger partial charge in [-0.1, -0.05) is 62.4 Å². The SMILES string of the molecule is CCC(C)c1ccccc1NC(=O)C=Cc1ccccc1. The zero-order valence-corrected chi connectivity index (χ0v) is 12.5. The molecular formula is C19H21NO. The van der Waals surface area contributed by atoms with E-state index < -0.39 is 0 Å². The number of benzene rings is 2. The van der Waals surface area contributed by atoms with Crippen LogP contribution in [0.3, 0.4) is 0 Å². The lowest BCUT2D eigenvalue weighted by atomic mass is 9.97. The van der Waals surface area contributed by atoms with Crippen molar-refractivity contribution >= 4 is 17.7 Å². The van der Waals surface area contributed by atoms with Gasteiger partial charge in [0.15, 0.2) is 0 Å². The molecular weight excluding hydrogens is 258 g/mol. The lowest BCUT2D eigenvalue weighted by molar-refractivity contribution is -0.111. The van der Waals surface area contributed by atoms with Crippen LogP contribution in [-0.4, -0.2) is 5.91 Å². The van der Waals surface area contributed by atoms with Crippen molar-refractivity contribution < 1.29 is 4.79 Å². The van der Waals surface area contributed by atoms with Crippen LogP contribution in [0.15, 0.2) is 60.7 Å². The van der Waals surface area contributed by atoms with Crippen molar-refractivity contribution in [2.75, 3.05) is 5.32 Å². The second-order valence-corrected chi connectivity index (χ2v) is 5.13. The molecule has 0 saturated carbocycles. The number of carbonyl (C=O) groups excluding carboxylic acids is 1. The molecule has 0 aromatic heterocycles. The average Bonchev–Trinajstić information content (AvgIpc) is 2.54. The van der Waals surface area contributed by atoms with Crippen LogP contribution in [0.2, 0.25) is 0 Å². The van der Waals surface area contributed by atoms with E-state index in [1.165, 1.54) is 5.56 Å². The number of carbonyl (C=O) groups is 1. The first-order chi connectivity index (χ1) is 10.2. The predicted octanol–water partition coefficient (Wildman–Crippen LogP) is 4.85. The summed E-state index contributed by atoms with van der Waals surface area (Å²) in [5, 5.41) is 2.97. The molecule has 0 aliphatic rings. The molecule has 0 radical (unpaired) electrons. The lowest BCUT2D eigenvalue weighted by Gasteiger charge is -2.14. The number of hydrogen-bond donors (Lipinski definition) is 1. The summed E-state index contributed by atoms with van der Waals surface area (Å²) >= 11 is 0. The van der Waals surface area contributed by atoms with Gasteiger partial charge in [-0.15, -0.1) is 0 Å². The number of para-hydroxylation sites is 1. The molecule has 2 aromatic rings. The first kappa shape index (κ1) is 15.0. The minimum Gasteiger partial charge on any atom is -0.322 e. The highest BCUT2D eigenvalue weighted by Crippen LogP contribution is 2.26. The van der Waals surface area contributed by atoms with Gasteiger partial charge in [0.25, 0.3) is 0 Å². The van der Waals surface area contributed by atoms with Crippen molar-refractivity contribution in [2.45, 2.75) is 26.2 Å². The van der Waals surface area contributed by atoms with E-state index in [9.17, 15) is 4.79 Å². The lowest BCUT2D eigenvalue weighted by Crippen LogP contribution is -2.10. The summed E-state index contributed by atoms with van der Waals surface area (Å²) in [6.07, 6.45) is 4.44. The number of hydrogen-bond acceptors (Lipinski definition) is 1. The topological polar surface area (TPSA) is 29.1 Å². The highest BCUT2D eigenvalue weighted by atomic mass is 16.1. The summed E-state index contributed by atoms with van der Waals surface area (Å²) in [6, 6.07) is 17.8. The van der Waals surface area contributed by atoms with Gasteiger partial charge >= 0.3 is 0 Å². The summed E-state index contributed by atoms with van der Waals surface area (Å²) in [6.45, 7) is 4.32. The van der Waals surface area contributed by atoms with E-state index in [1.807, 2.05) is 54.6 Å². The molecule has 1 atom stereocenters. The number of anilines is 1. The van der Waals surface area contributed by atoms with E-state index in [0.717, 1.165) is 17.7 Å². The van der Waals surface area contributed by atoms with Gasteiger partial charge in [-0.3, -0.25) is 4.79 Å². The van der Waals surface area contributed by atoms with Crippen LogP contribution in [-0.2, 0) is 4.79 Å². The second-order valence-electron chi connectivity index (χ2n) is 5.13. The Kier molecular flexibility index (Phi) is 5.33. The first-order valence-electron chi connectivity index (χ1n) is 7.33. The van der Waals surface area contributed by atoms with E-state index in [0.29, 0.717) is 5.92 Å². The molecule has 2 aromatic carbocycles. The van der Waals surface area contributed by atoms with E-state index in [1.54, 1.807) is 6.08 Å². The molecule has 0 aliphatic heterocycles. The Bertz CT molecular complexity index is 616. The molecule has 1 unspecified atom stereocenters. The van der Waals surface area contributed by atoms with Gasteiger partial charge in [0.1, 0.15) is 0 Å². The highest BCUT2D eigenvalue weighted by Gasteiger charge is 2.09. The predicted molar refractivity (Wildman–Crippen MR) is 89.3 cm³/mol. The normalized spacial score (nSPS) is 12.3. The van der Waals surface area contributed by atoms with Gasteiger partial charge in [0, 0.05) is 11.8 Å². The van der Waals surface area contributed by atoms with Gasteiger partial charge < -0.3 is 5.32 Å². The van der Waals surface area contributed by atoms with Crippen LogP contribution in [0.1, 0.15) is 37.3 Å². The van der Waals surface area contributed by atoms with Gasteiger partial charge in [0.05, 0.1) is 0 Å². The van der Waals surface area contributed by atoms with Crippen LogP contribution < -0.4 is 5.32 Å². The summed E-state index contributed by atoms with van der Waals surface area (Å²) < 4.78 is 0. The molecule has 0 aliphatic carbocycles. The van der Waals surface area contributed by atoms with Crippen LogP contribution in [0.5, 0.6) is 0 Å². The van der Waals surface area contributed by atoms with Crippen molar-refractivity contribution in [2.24, 2.45) is 0 Å². The zero-order valence-electron chi connectivity index (χ0n) is 12.5. The van der Waals surface area contributed by atoms with Crippen molar-refractivity contribution in [1.82, 2.24) is 0 Å². The Labute approximate surface area is 126 Å². The molecule has 0 spiro atoms. The fourth-order valence-electron chi connectivity index (χ4n) is 2.17. The minimum atomic E-state index is -0.102. The maximum absolute atomic E-state index is 12.1. The summed E-state index contributed by atoms with van der Waals surface area (Å²) in [5.41, 5.74) is 3.10. The van der Waals surface area contributed by atoms with E-state index >= 15 is 0 Å². The molecule has 21 heavy (non-hydrogen) atoms. The van der Waals surface area contributed by atoms with Gasteiger partial charge in [-0.05, 0) is 35.6 Å². The molecule has 0 bridgehead atoms. The van der Waals surface area contributed by atoms with Crippen LogP contribution in [0, 0.1) is 0 Å². The fraction of sp³-hybridized carbons (Fsp3) is 0.211. The van der Waals surface area contributed by atoms with Crippen molar-refractivity contribution in [1.29, 1.82) is 0 Å². The molecule has 2 rings (SSSR count). The highest BCUT2D eigenvalue weighted by molar-refractivity contribution is 6.02. The summed E-state index contributed by atoms with van der Waals surface area (Å²) in [4.78, 5) is 12.1. The second kappa shape index (κ2) is 7.44. The van der Waals surface area contributed by atoms with E-state index in [-0.39, 0.29) is 5.91 Å². The van der Waals surface area contributed by atoms with Crippen molar-refractivity contribution in [3.05, 3.63) is 71.8 Å². The quantitative estimate of drug-likeness (QED) is 0.779. The monoisotopic (exact) mass is 279 g/mol. The molecule has 2 nitrogen and oxygen atoms in total. The molecule has 108 valence electrons. The van der Waals surface area contributed by atoms with Crippen LogP contribution in [0.4, 0.5) is 5.69 Å². The molecule has 0 heterocycles. The van der Waals surface area contributed by atoms with Crippen LogP contribution >= 0.6 is 0 Å². The molecule has 2 heteroatoms. The maximum atomic E-state index is 12.1. The van der Waals surface area contributed by atoms with Gasteiger partial charge in [-0.25, -0.2) is 0 Å². The largest absolute Gasteiger partial charge is 0.322 e. The molecule has 1 N–H and O–H groups in total. The van der Waals surface area contributed by atoms with Gasteiger partial charge in [-0.2, -0.15) is 0 Å². The first-order valence-corrected chi connectivity index (χ1v) is 7.33. The Morgan fingerprint density at radius 3 is 2.48 bits per heavy atom. The van der Waals surface area contributed by atoms with E-state index in [2.05, 4.69) is 25.2 Å². The van der Waals surface area contributed by atoms with Crippen molar-refractivity contribution in [3.63, 3.8) is 0 Å². The maximum Gasteiger partial charge on any atom is 0.248 e. The Morgan fingerprint density at radius 2 is 1.76 bits per heavy atom. The third kappa shape index (κ3) is 4.32. The number of amides is 1. The Balaban J connectivity index is 2.08. The zero-order chi connectivity index (χ0) is 15.1. The van der Waals surface area contributed by atoms with E-state index in [4.69, 9.17) is 0 Å². The third-order valence-corrected chi connectivity index (χ3v) is 3.59. The smallest absolute Gasteiger partial charge is 0.248 e. The summed E-state index contributed by atoms with van der Waals surface area (Å²) in [7, 11) is 0. The molecule has 0 fully saturated rings. The van der Waals surface area contributed by atoms with Gasteiger partial charge in [0.2, 0.25) is 5.91 Å². The molecule has 0 saturated heterocycles. The standard InChI is InChI=1S/C19H21NO/c1-3-15(2)17-11-7-8-12-18(17)20-19(21)14-13-16-9-5-4-6-10-16/h4-15H,3H2,1-2H3,(H,20,21). The Morgan fingerprint density at radius 1 is 1.10 bits per heavy atom. The number of rotatable bonds is 5. The number of nitrogens with one attached hydrogen (secondary N) is 1. The third-order valence-electron chi connectivity index (χ3n) is 3.59. The molecule has 1 amide bonds. The fourth-order valence-corrected chi connectivity index (χ4v) is 2.17. The minimum absolute atomic E-state index is 0.102. The van der Waals surface area contributed by atoms with Crippen LogP contribution in [0.25, 0.3) is 6.08 Å². The van der Waals surface area contributed by atoms with Crippen molar-refractivity contribution in [3.8, 4) is 0 Å². The summed E-state index contributed by atoms with van der Waals surface area (Å²) in [5.74, 6) is 0.328. The Hall–Kier alpha value is -2.35.